The van der Waals surface area contributed by atoms with E-state index in [2.05, 4.69) is 35.6 Å². The normalized spacial score (nSPS) is 18.1. The molecule has 2 nitrogen and oxygen atoms in total. The van der Waals surface area contributed by atoms with Gasteiger partial charge in [0.1, 0.15) is 0 Å². The van der Waals surface area contributed by atoms with E-state index in [4.69, 9.17) is 0 Å². The van der Waals surface area contributed by atoms with Crippen molar-refractivity contribution in [2.75, 3.05) is 19.7 Å². The van der Waals surface area contributed by atoms with Crippen molar-refractivity contribution in [1.29, 1.82) is 0 Å². The molecule has 1 saturated carbocycles. The summed E-state index contributed by atoms with van der Waals surface area (Å²) in [6.45, 7) is 2.38. The molecule has 0 saturated heterocycles. The van der Waals surface area contributed by atoms with Crippen LogP contribution in [0.15, 0.2) is 30.3 Å². The van der Waals surface area contributed by atoms with Crippen LogP contribution >= 0.6 is 0 Å². The van der Waals surface area contributed by atoms with Crippen molar-refractivity contribution >= 4 is 0 Å². The zero-order valence-corrected chi connectivity index (χ0v) is 11.2. The van der Waals surface area contributed by atoms with Gasteiger partial charge in [-0.05, 0) is 37.8 Å². The quantitative estimate of drug-likeness (QED) is 0.726. The third-order valence-electron chi connectivity index (χ3n) is 4.16. The van der Waals surface area contributed by atoms with Gasteiger partial charge in [0, 0.05) is 18.6 Å². The second kappa shape index (κ2) is 6.91. The number of benzene rings is 1. The Labute approximate surface area is 110 Å². The SMILES string of the molecule is OCC1(CNCCCc2ccccc2)CCCC1. The van der Waals surface area contributed by atoms with Crippen LogP contribution in [0.3, 0.4) is 0 Å². The van der Waals surface area contributed by atoms with Gasteiger partial charge in [-0.25, -0.2) is 0 Å². The summed E-state index contributed by atoms with van der Waals surface area (Å²) in [6.07, 6.45) is 7.26. The monoisotopic (exact) mass is 247 g/mol. The van der Waals surface area contributed by atoms with Crippen molar-refractivity contribution in [3.8, 4) is 0 Å². The molecule has 2 rings (SSSR count). The Balaban J connectivity index is 1.61. The number of aryl methyl sites for hydroxylation is 1. The first-order valence-electron chi connectivity index (χ1n) is 7.20. The summed E-state index contributed by atoms with van der Waals surface area (Å²) in [5.74, 6) is 0. The molecule has 1 aromatic rings. The number of aliphatic hydroxyl groups excluding tert-OH is 1. The van der Waals surface area contributed by atoms with Gasteiger partial charge in [-0.1, -0.05) is 43.2 Å². The summed E-state index contributed by atoms with van der Waals surface area (Å²) in [6, 6.07) is 10.6. The lowest BCUT2D eigenvalue weighted by molar-refractivity contribution is 0.128. The Bertz CT molecular complexity index is 330. The van der Waals surface area contributed by atoms with Crippen LogP contribution in [0, 0.1) is 5.41 Å². The van der Waals surface area contributed by atoms with Crippen molar-refractivity contribution in [3.63, 3.8) is 0 Å². The highest BCUT2D eigenvalue weighted by Crippen LogP contribution is 2.36. The minimum Gasteiger partial charge on any atom is -0.396 e. The summed E-state index contributed by atoms with van der Waals surface area (Å²) >= 11 is 0. The summed E-state index contributed by atoms with van der Waals surface area (Å²) in [5, 5.41) is 13.0. The standard InChI is InChI=1S/C16H25NO/c18-14-16(10-4-5-11-16)13-17-12-6-9-15-7-2-1-3-8-15/h1-3,7-8,17-18H,4-6,9-14H2. The number of hydrogen-bond donors (Lipinski definition) is 2. The lowest BCUT2D eigenvalue weighted by Gasteiger charge is -2.26. The van der Waals surface area contributed by atoms with E-state index in [0.717, 1.165) is 19.5 Å². The lowest BCUT2D eigenvalue weighted by atomic mass is 9.87. The number of hydrogen-bond acceptors (Lipinski definition) is 2. The second-order valence-electron chi connectivity index (χ2n) is 5.63. The maximum atomic E-state index is 9.51. The molecule has 0 aromatic heterocycles. The highest BCUT2D eigenvalue weighted by Gasteiger charge is 2.32. The molecule has 1 aromatic carbocycles. The molecule has 100 valence electrons. The first-order chi connectivity index (χ1) is 8.85. The van der Waals surface area contributed by atoms with E-state index >= 15 is 0 Å². The molecule has 0 atom stereocenters. The zero-order valence-electron chi connectivity index (χ0n) is 11.2. The molecule has 0 aliphatic heterocycles. The number of aliphatic hydroxyl groups is 1. The average Bonchev–Trinajstić information content (AvgIpc) is 2.89. The largest absolute Gasteiger partial charge is 0.396 e. The molecule has 1 fully saturated rings. The van der Waals surface area contributed by atoms with Crippen LogP contribution in [-0.2, 0) is 6.42 Å². The van der Waals surface area contributed by atoms with E-state index < -0.39 is 0 Å². The Hall–Kier alpha value is -0.860. The minimum atomic E-state index is 0.187. The molecule has 2 N–H and O–H groups in total. The van der Waals surface area contributed by atoms with E-state index in [1.807, 2.05) is 0 Å². The predicted molar refractivity (Wildman–Crippen MR) is 75.6 cm³/mol. The van der Waals surface area contributed by atoms with Crippen LogP contribution in [0.1, 0.15) is 37.7 Å². The fourth-order valence-electron chi connectivity index (χ4n) is 2.93. The van der Waals surface area contributed by atoms with Crippen LogP contribution < -0.4 is 5.32 Å². The van der Waals surface area contributed by atoms with Crippen molar-refractivity contribution in [1.82, 2.24) is 5.32 Å². The average molecular weight is 247 g/mol. The van der Waals surface area contributed by atoms with E-state index in [1.165, 1.54) is 37.7 Å². The van der Waals surface area contributed by atoms with Crippen LogP contribution in [0.2, 0.25) is 0 Å². The van der Waals surface area contributed by atoms with E-state index in [-0.39, 0.29) is 5.41 Å². The van der Waals surface area contributed by atoms with Crippen molar-refractivity contribution in [2.24, 2.45) is 5.41 Å². The van der Waals surface area contributed by atoms with Gasteiger partial charge in [0.15, 0.2) is 0 Å². The van der Waals surface area contributed by atoms with E-state index in [9.17, 15) is 5.11 Å². The van der Waals surface area contributed by atoms with E-state index in [1.54, 1.807) is 0 Å². The number of rotatable bonds is 7. The predicted octanol–water partition coefficient (Wildman–Crippen LogP) is 2.76. The van der Waals surface area contributed by atoms with Crippen LogP contribution in [0.25, 0.3) is 0 Å². The molecule has 1 aliphatic rings. The Morgan fingerprint density at radius 2 is 1.83 bits per heavy atom. The smallest absolute Gasteiger partial charge is 0.0499 e. The fraction of sp³-hybridized carbons (Fsp3) is 0.625. The fourth-order valence-corrected chi connectivity index (χ4v) is 2.93. The molecule has 0 amide bonds. The van der Waals surface area contributed by atoms with Crippen LogP contribution in [0.5, 0.6) is 0 Å². The lowest BCUT2D eigenvalue weighted by Crippen LogP contribution is -2.35. The van der Waals surface area contributed by atoms with Crippen molar-refractivity contribution in [3.05, 3.63) is 35.9 Å². The maximum absolute atomic E-state index is 9.51. The maximum Gasteiger partial charge on any atom is 0.0499 e. The third-order valence-corrected chi connectivity index (χ3v) is 4.16. The van der Waals surface area contributed by atoms with Gasteiger partial charge >= 0.3 is 0 Å². The summed E-state index contributed by atoms with van der Waals surface area (Å²) < 4.78 is 0. The van der Waals surface area contributed by atoms with Crippen LogP contribution in [0.4, 0.5) is 0 Å². The molecule has 0 heterocycles. The van der Waals surface area contributed by atoms with Gasteiger partial charge in [-0.15, -0.1) is 0 Å². The molecule has 0 radical (unpaired) electrons. The van der Waals surface area contributed by atoms with Crippen LogP contribution in [-0.4, -0.2) is 24.8 Å². The molecular weight excluding hydrogens is 222 g/mol. The molecule has 1 aliphatic carbocycles. The summed E-state index contributed by atoms with van der Waals surface area (Å²) in [5.41, 5.74) is 1.60. The Morgan fingerprint density at radius 1 is 1.11 bits per heavy atom. The topological polar surface area (TPSA) is 32.3 Å². The summed E-state index contributed by atoms with van der Waals surface area (Å²) in [4.78, 5) is 0. The second-order valence-corrected chi connectivity index (χ2v) is 5.63. The first-order valence-corrected chi connectivity index (χ1v) is 7.20. The van der Waals surface area contributed by atoms with Gasteiger partial charge in [-0.2, -0.15) is 0 Å². The van der Waals surface area contributed by atoms with E-state index in [0.29, 0.717) is 6.61 Å². The Kier molecular flexibility index (Phi) is 5.21. The Morgan fingerprint density at radius 3 is 2.50 bits per heavy atom. The first kappa shape index (κ1) is 13.6. The van der Waals surface area contributed by atoms with Crippen molar-refractivity contribution < 1.29 is 5.11 Å². The third kappa shape index (κ3) is 3.82. The molecule has 0 unspecified atom stereocenters. The van der Waals surface area contributed by atoms with Gasteiger partial charge in [-0.3, -0.25) is 0 Å². The number of nitrogens with one attached hydrogen (secondary N) is 1. The highest BCUT2D eigenvalue weighted by molar-refractivity contribution is 5.14. The van der Waals surface area contributed by atoms with Gasteiger partial charge in [0.25, 0.3) is 0 Å². The molecule has 0 spiro atoms. The molecular formula is C16H25NO. The summed E-state index contributed by atoms with van der Waals surface area (Å²) in [7, 11) is 0. The molecule has 18 heavy (non-hydrogen) atoms. The van der Waals surface area contributed by atoms with Gasteiger partial charge in [0.2, 0.25) is 0 Å². The molecule has 0 bridgehead atoms. The molecule has 2 heteroatoms. The van der Waals surface area contributed by atoms with Gasteiger partial charge < -0.3 is 10.4 Å². The minimum absolute atomic E-state index is 0.187. The van der Waals surface area contributed by atoms with Gasteiger partial charge in [0.05, 0.1) is 0 Å². The zero-order chi connectivity index (χ0) is 12.7. The van der Waals surface area contributed by atoms with Crippen molar-refractivity contribution in [2.45, 2.75) is 38.5 Å². The highest BCUT2D eigenvalue weighted by atomic mass is 16.3.